The summed E-state index contributed by atoms with van der Waals surface area (Å²) in [5.41, 5.74) is 3.21. The molecule has 0 spiro atoms. The Bertz CT molecular complexity index is 256. The molecule has 0 atom stereocenters. The minimum atomic E-state index is -2.64. The summed E-state index contributed by atoms with van der Waals surface area (Å²) in [6.45, 7) is 0.515. The Morgan fingerprint density at radius 3 is 1.95 bits per heavy atom. The SMILES string of the molecule is COC(=O)CCN[N+](C)(C)C[Si](OC)(OC)OC.[Cl-]. The average Bonchev–Trinajstić information content (AvgIpc) is 2.35. The molecule has 7 nitrogen and oxygen atoms in total. The van der Waals surface area contributed by atoms with Gasteiger partial charge in [0.05, 0.1) is 34.2 Å². The maximum atomic E-state index is 11.0. The minimum Gasteiger partial charge on any atom is -1.00 e. The van der Waals surface area contributed by atoms with Crippen LogP contribution in [-0.4, -0.2) is 74.6 Å². The number of hydrogen-bond donors (Lipinski definition) is 1. The quantitative estimate of drug-likeness (QED) is 0.207. The maximum Gasteiger partial charge on any atom is 0.560 e. The number of carbonyl (C=O) groups excluding carboxylic acids is 1. The Morgan fingerprint density at radius 2 is 1.58 bits per heavy atom. The van der Waals surface area contributed by atoms with Crippen molar-refractivity contribution in [2.24, 2.45) is 0 Å². The highest BCUT2D eigenvalue weighted by atomic mass is 35.5. The largest absolute Gasteiger partial charge is 1.00 e. The second-order valence-corrected chi connectivity index (χ2v) is 7.28. The fourth-order valence-electron chi connectivity index (χ4n) is 1.55. The van der Waals surface area contributed by atoms with Crippen LogP contribution >= 0.6 is 0 Å². The van der Waals surface area contributed by atoms with E-state index >= 15 is 0 Å². The summed E-state index contributed by atoms with van der Waals surface area (Å²) in [6, 6.07) is 0. The molecule has 0 aromatic rings. The van der Waals surface area contributed by atoms with E-state index < -0.39 is 8.80 Å². The molecule has 19 heavy (non-hydrogen) atoms. The third-order valence-corrected chi connectivity index (χ3v) is 5.66. The van der Waals surface area contributed by atoms with Gasteiger partial charge >= 0.3 is 14.8 Å². The van der Waals surface area contributed by atoms with E-state index in [-0.39, 0.29) is 18.4 Å². The van der Waals surface area contributed by atoms with E-state index in [1.165, 1.54) is 7.11 Å². The molecule has 9 heteroatoms. The minimum absolute atomic E-state index is 0. The lowest BCUT2D eigenvalue weighted by Crippen LogP contribution is -3.00. The zero-order chi connectivity index (χ0) is 14.2. The highest BCUT2D eigenvalue weighted by Gasteiger charge is 2.46. The maximum absolute atomic E-state index is 11.0. The fraction of sp³-hybridized carbons (Fsp3) is 0.900. The topological polar surface area (TPSA) is 66.0 Å². The van der Waals surface area contributed by atoms with Gasteiger partial charge in [0.15, 0.2) is 6.17 Å². The summed E-state index contributed by atoms with van der Waals surface area (Å²) in [5.74, 6) is -0.240. The van der Waals surface area contributed by atoms with Crippen molar-refractivity contribution in [3.63, 3.8) is 0 Å². The standard InChI is InChI=1S/C10H25N2O5Si.ClH/c1-12(2,11-8-7-10(13)14-3)9-18(15-4,16-5)17-6;/h11H,7-9H2,1-6H3;1H/q+1;/p-1. The van der Waals surface area contributed by atoms with Crippen LogP contribution in [0.2, 0.25) is 0 Å². The molecule has 0 bridgehead atoms. The van der Waals surface area contributed by atoms with Crippen molar-refractivity contribution < 1.29 is 39.8 Å². The van der Waals surface area contributed by atoms with E-state index in [2.05, 4.69) is 10.2 Å². The molecule has 0 aliphatic carbocycles. The monoisotopic (exact) mass is 316 g/mol. The molecule has 0 aliphatic heterocycles. The zero-order valence-electron chi connectivity index (χ0n) is 12.5. The molecule has 1 N–H and O–H groups in total. The lowest BCUT2D eigenvalue weighted by molar-refractivity contribution is -0.926. The predicted octanol–water partition coefficient (Wildman–Crippen LogP) is -3.45. The third-order valence-electron chi connectivity index (χ3n) is 2.62. The molecule has 0 rings (SSSR count). The Hall–Kier alpha value is -0.223. The van der Waals surface area contributed by atoms with Gasteiger partial charge in [-0.1, -0.05) is 0 Å². The van der Waals surface area contributed by atoms with Crippen LogP contribution in [0.15, 0.2) is 0 Å². The molecule has 0 aliphatic rings. The van der Waals surface area contributed by atoms with Gasteiger partial charge in [0.2, 0.25) is 0 Å². The van der Waals surface area contributed by atoms with Crippen molar-refractivity contribution in [3.8, 4) is 0 Å². The van der Waals surface area contributed by atoms with Crippen LogP contribution in [0.1, 0.15) is 6.42 Å². The molecular weight excluding hydrogens is 292 g/mol. The second-order valence-electron chi connectivity index (χ2n) is 4.37. The van der Waals surface area contributed by atoms with Crippen LogP contribution in [0, 0.1) is 0 Å². The van der Waals surface area contributed by atoms with Crippen molar-refractivity contribution in [1.29, 1.82) is 0 Å². The number of halogens is 1. The van der Waals surface area contributed by atoms with Crippen molar-refractivity contribution in [3.05, 3.63) is 0 Å². The van der Waals surface area contributed by atoms with Crippen LogP contribution in [0.3, 0.4) is 0 Å². The normalized spacial score (nSPS) is 11.9. The first-order valence-electron chi connectivity index (χ1n) is 5.65. The number of esters is 1. The average molecular weight is 317 g/mol. The van der Waals surface area contributed by atoms with Crippen LogP contribution in [0.25, 0.3) is 0 Å². The van der Waals surface area contributed by atoms with Crippen molar-refractivity contribution >= 4 is 14.8 Å². The number of rotatable bonds is 9. The molecule has 0 fully saturated rings. The van der Waals surface area contributed by atoms with E-state index in [9.17, 15) is 4.79 Å². The first-order valence-corrected chi connectivity index (χ1v) is 7.58. The fourth-order valence-corrected chi connectivity index (χ4v) is 3.51. The van der Waals surface area contributed by atoms with Crippen LogP contribution < -0.4 is 17.8 Å². The molecule has 0 unspecified atom stereocenters. The van der Waals surface area contributed by atoms with Crippen molar-refractivity contribution in [1.82, 2.24) is 5.43 Å². The predicted molar refractivity (Wildman–Crippen MR) is 68.4 cm³/mol. The van der Waals surface area contributed by atoms with Gasteiger partial charge in [0.1, 0.15) is 0 Å². The molecular formula is C10H25ClN2O5Si. The summed E-state index contributed by atoms with van der Waals surface area (Å²) >= 11 is 0. The molecule has 0 saturated carbocycles. The van der Waals surface area contributed by atoms with Gasteiger partial charge in [-0.15, -0.1) is 0 Å². The second kappa shape index (κ2) is 9.64. The summed E-state index contributed by atoms with van der Waals surface area (Å²) in [5, 5.41) is 0. The highest BCUT2D eigenvalue weighted by Crippen LogP contribution is 2.10. The van der Waals surface area contributed by atoms with E-state index in [0.29, 0.717) is 23.7 Å². The molecule has 0 aromatic heterocycles. The Balaban J connectivity index is 0. The molecule has 0 aromatic carbocycles. The van der Waals surface area contributed by atoms with E-state index in [0.717, 1.165) is 0 Å². The summed E-state index contributed by atoms with van der Waals surface area (Å²) in [7, 11) is 7.37. The Morgan fingerprint density at radius 1 is 1.11 bits per heavy atom. The third kappa shape index (κ3) is 7.83. The highest BCUT2D eigenvalue weighted by molar-refractivity contribution is 6.60. The summed E-state index contributed by atoms with van der Waals surface area (Å²) in [4.78, 5) is 11.0. The van der Waals surface area contributed by atoms with Gasteiger partial charge in [-0.25, -0.2) is 4.59 Å². The zero-order valence-corrected chi connectivity index (χ0v) is 14.2. The molecule has 0 saturated heterocycles. The van der Waals surface area contributed by atoms with Crippen molar-refractivity contribution in [2.45, 2.75) is 6.42 Å². The van der Waals surface area contributed by atoms with E-state index in [4.69, 9.17) is 13.3 Å². The van der Waals surface area contributed by atoms with E-state index in [1.807, 2.05) is 14.1 Å². The molecule has 0 amide bonds. The number of quaternary nitrogens is 1. The van der Waals surface area contributed by atoms with Gasteiger partial charge in [-0.2, -0.15) is 5.43 Å². The van der Waals surface area contributed by atoms with Gasteiger partial charge in [-0.05, 0) is 0 Å². The number of nitrogens with one attached hydrogen (secondary N) is 1. The lowest BCUT2D eigenvalue weighted by Gasteiger charge is -2.35. The summed E-state index contributed by atoms with van der Waals surface area (Å²) in [6.07, 6.45) is 0.872. The van der Waals surface area contributed by atoms with Gasteiger partial charge < -0.3 is 30.4 Å². The van der Waals surface area contributed by atoms with Crippen molar-refractivity contribution in [2.75, 3.05) is 55.2 Å². The first-order chi connectivity index (χ1) is 8.34. The number of nitrogens with zero attached hydrogens (tertiary/aromatic N) is 1. The molecule has 116 valence electrons. The smallest absolute Gasteiger partial charge is 0.560 e. The lowest BCUT2D eigenvalue weighted by atomic mass is 10.4. The summed E-state index contributed by atoms with van der Waals surface area (Å²) < 4.78 is 21.1. The van der Waals surface area contributed by atoms with E-state index in [1.54, 1.807) is 21.3 Å². The van der Waals surface area contributed by atoms with Gasteiger partial charge in [-0.3, -0.25) is 4.79 Å². The first kappa shape index (κ1) is 21.1. The Kier molecular flexibility index (Phi) is 10.7. The number of carbonyl (C=O) groups is 1. The number of hydrogen-bond acceptors (Lipinski definition) is 6. The van der Waals surface area contributed by atoms with Gasteiger partial charge in [0.25, 0.3) is 0 Å². The van der Waals surface area contributed by atoms with Crippen LogP contribution in [0.4, 0.5) is 0 Å². The number of methoxy groups -OCH3 is 1. The van der Waals surface area contributed by atoms with Gasteiger partial charge in [0, 0.05) is 21.3 Å². The molecule has 0 radical (unpaired) electrons. The number of ether oxygens (including phenoxy) is 1. The van der Waals surface area contributed by atoms with Crippen LogP contribution in [-0.2, 0) is 22.8 Å². The molecule has 0 heterocycles. The Labute approximate surface area is 122 Å². The van der Waals surface area contributed by atoms with Crippen LogP contribution in [0.5, 0.6) is 0 Å².